The highest BCUT2D eigenvalue weighted by Gasteiger charge is 2.03. The summed E-state index contributed by atoms with van der Waals surface area (Å²) in [6, 6.07) is 10.6. The summed E-state index contributed by atoms with van der Waals surface area (Å²) in [5.74, 6) is 0.962. The van der Waals surface area contributed by atoms with Crippen molar-refractivity contribution in [3.63, 3.8) is 0 Å². The molecule has 3 rings (SSSR count). The van der Waals surface area contributed by atoms with Crippen molar-refractivity contribution >= 4 is 17.3 Å². The van der Waals surface area contributed by atoms with E-state index in [4.69, 9.17) is 11.6 Å². The van der Waals surface area contributed by atoms with Crippen LogP contribution < -0.4 is 5.32 Å². The first-order chi connectivity index (χ1) is 10.2. The van der Waals surface area contributed by atoms with Crippen molar-refractivity contribution in [1.82, 2.24) is 14.8 Å². The number of nitrogens with zero attached hydrogens (tertiary/aromatic N) is 3. The normalized spacial score (nSPS) is 10.5. The van der Waals surface area contributed by atoms with Gasteiger partial charge in [0.15, 0.2) is 5.82 Å². The largest absolute Gasteiger partial charge is 0.508 e. The van der Waals surface area contributed by atoms with Crippen molar-refractivity contribution in [3.05, 3.63) is 65.6 Å². The van der Waals surface area contributed by atoms with Gasteiger partial charge < -0.3 is 10.4 Å². The number of pyridine rings is 1. The number of hydrogen-bond donors (Lipinski definition) is 2. The molecule has 2 heterocycles. The molecule has 0 fully saturated rings. The van der Waals surface area contributed by atoms with Gasteiger partial charge in [-0.25, -0.2) is 9.67 Å². The maximum atomic E-state index is 9.76. The van der Waals surface area contributed by atoms with Gasteiger partial charge in [-0.1, -0.05) is 11.6 Å². The van der Waals surface area contributed by atoms with Crippen LogP contribution in [-0.2, 0) is 6.54 Å². The van der Waals surface area contributed by atoms with E-state index in [0.717, 1.165) is 17.1 Å². The van der Waals surface area contributed by atoms with Crippen LogP contribution in [0.1, 0.15) is 5.56 Å². The second-order valence-corrected chi connectivity index (χ2v) is 4.92. The molecule has 0 amide bonds. The van der Waals surface area contributed by atoms with Crippen molar-refractivity contribution < 1.29 is 5.11 Å². The van der Waals surface area contributed by atoms with Gasteiger partial charge in [-0.3, -0.25) is 0 Å². The van der Waals surface area contributed by atoms with E-state index in [1.54, 1.807) is 35.3 Å². The molecular weight excluding hydrogens is 288 g/mol. The van der Waals surface area contributed by atoms with Crippen LogP contribution in [0.15, 0.2) is 55.0 Å². The van der Waals surface area contributed by atoms with E-state index in [-0.39, 0.29) is 5.75 Å². The van der Waals surface area contributed by atoms with Crippen molar-refractivity contribution in [2.45, 2.75) is 6.54 Å². The SMILES string of the molecule is Oc1ccc(Cl)cc1CNc1ccc(-n2cccn2)nc1. The van der Waals surface area contributed by atoms with E-state index >= 15 is 0 Å². The van der Waals surface area contributed by atoms with Gasteiger partial charge in [0.1, 0.15) is 5.75 Å². The third-order valence-corrected chi connectivity index (χ3v) is 3.25. The summed E-state index contributed by atoms with van der Waals surface area (Å²) in [6.07, 6.45) is 5.26. The molecule has 0 unspecified atom stereocenters. The molecule has 2 N–H and O–H groups in total. The highest BCUT2D eigenvalue weighted by Crippen LogP contribution is 2.22. The Balaban J connectivity index is 1.70. The second-order valence-electron chi connectivity index (χ2n) is 4.48. The van der Waals surface area contributed by atoms with Gasteiger partial charge in [0, 0.05) is 29.5 Å². The van der Waals surface area contributed by atoms with Crippen LogP contribution in [0.2, 0.25) is 5.02 Å². The molecule has 106 valence electrons. The number of rotatable bonds is 4. The molecule has 5 nitrogen and oxygen atoms in total. The number of aromatic nitrogens is 3. The number of aromatic hydroxyl groups is 1. The number of phenolic OH excluding ortho intramolecular Hbond substituents is 1. The van der Waals surface area contributed by atoms with Crippen LogP contribution >= 0.6 is 11.6 Å². The van der Waals surface area contributed by atoms with Gasteiger partial charge in [-0.05, 0) is 36.4 Å². The molecule has 0 bridgehead atoms. The van der Waals surface area contributed by atoms with E-state index in [0.29, 0.717) is 11.6 Å². The Labute approximate surface area is 126 Å². The summed E-state index contributed by atoms with van der Waals surface area (Å²) in [6.45, 7) is 0.467. The van der Waals surface area contributed by atoms with Crippen LogP contribution in [0.25, 0.3) is 5.82 Å². The van der Waals surface area contributed by atoms with Crippen LogP contribution in [0.3, 0.4) is 0 Å². The highest BCUT2D eigenvalue weighted by molar-refractivity contribution is 6.30. The number of phenols is 1. The molecular formula is C15H13ClN4O. The van der Waals surface area contributed by atoms with Crippen molar-refractivity contribution in [2.75, 3.05) is 5.32 Å². The molecule has 3 aromatic rings. The van der Waals surface area contributed by atoms with E-state index < -0.39 is 0 Å². The highest BCUT2D eigenvalue weighted by atomic mass is 35.5. The molecule has 21 heavy (non-hydrogen) atoms. The summed E-state index contributed by atoms with van der Waals surface area (Å²) >= 11 is 5.92. The van der Waals surface area contributed by atoms with E-state index in [9.17, 15) is 5.11 Å². The lowest BCUT2D eigenvalue weighted by Crippen LogP contribution is -2.02. The zero-order valence-electron chi connectivity index (χ0n) is 11.1. The second kappa shape index (κ2) is 5.85. The summed E-state index contributed by atoms with van der Waals surface area (Å²) in [4.78, 5) is 4.32. The maximum absolute atomic E-state index is 9.76. The molecule has 1 aromatic carbocycles. The summed E-state index contributed by atoms with van der Waals surface area (Å²) in [5, 5.41) is 17.7. The predicted molar refractivity (Wildman–Crippen MR) is 81.8 cm³/mol. The topological polar surface area (TPSA) is 63.0 Å². The fourth-order valence-corrected chi connectivity index (χ4v) is 2.12. The Morgan fingerprint density at radius 1 is 1.24 bits per heavy atom. The zero-order valence-corrected chi connectivity index (χ0v) is 11.8. The lowest BCUT2D eigenvalue weighted by molar-refractivity contribution is 0.469. The molecule has 0 aliphatic rings. The Hall–Kier alpha value is -2.53. The monoisotopic (exact) mass is 300 g/mol. The zero-order chi connectivity index (χ0) is 14.7. The standard InChI is InChI=1S/C15H13ClN4O/c16-12-2-4-14(21)11(8-12)9-17-13-3-5-15(18-10-13)20-7-1-6-19-20/h1-8,10,17,21H,9H2. The maximum Gasteiger partial charge on any atom is 0.153 e. The minimum Gasteiger partial charge on any atom is -0.508 e. The third-order valence-electron chi connectivity index (χ3n) is 3.01. The van der Waals surface area contributed by atoms with E-state index in [2.05, 4.69) is 15.4 Å². The molecule has 0 spiro atoms. The van der Waals surface area contributed by atoms with Crippen LogP contribution in [0.5, 0.6) is 5.75 Å². The average Bonchev–Trinajstić information content (AvgIpc) is 3.03. The Bertz CT molecular complexity index is 726. The molecule has 0 saturated carbocycles. The first kappa shape index (κ1) is 13.5. The molecule has 6 heteroatoms. The summed E-state index contributed by atoms with van der Waals surface area (Å²) < 4.78 is 1.69. The van der Waals surface area contributed by atoms with Gasteiger partial charge in [0.2, 0.25) is 0 Å². The minimum absolute atomic E-state index is 0.216. The summed E-state index contributed by atoms with van der Waals surface area (Å²) in [7, 11) is 0. The van der Waals surface area contributed by atoms with Gasteiger partial charge in [0.25, 0.3) is 0 Å². The number of anilines is 1. The quantitative estimate of drug-likeness (QED) is 0.776. The van der Waals surface area contributed by atoms with Crippen molar-refractivity contribution in [1.29, 1.82) is 0 Å². The van der Waals surface area contributed by atoms with Gasteiger partial charge >= 0.3 is 0 Å². The molecule has 0 aliphatic heterocycles. The third kappa shape index (κ3) is 3.14. The van der Waals surface area contributed by atoms with Gasteiger partial charge in [-0.2, -0.15) is 5.10 Å². The predicted octanol–water partition coefficient (Wildman–Crippen LogP) is 3.24. The smallest absolute Gasteiger partial charge is 0.153 e. The van der Waals surface area contributed by atoms with Crippen LogP contribution in [0.4, 0.5) is 5.69 Å². The summed E-state index contributed by atoms with van der Waals surface area (Å²) in [5.41, 5.74) is 1.59. The number of hydrogen-bond acceptors (Lipinski definition) is 4. The Kier molecular flexibility index (Phi) is 3.75. The first-order valence-corrected chi connectivity index (χ1v) is 6.77. The van der Waals surface area contributed by atoms with E-state index in [1.807, 2.05) is 24.4 Å². The van der Waals surface area contributed by atoms with Crippen molar-refractivity contribution in [2.24, 2.45) is 0 Å². The van der Waals surface area contributed by atoms with Crippen molar-refractivity contribution in [3.8, 4) is 11.6 Å². The van der Waals surface area contributed by atoms with Crippen LogP contribution in [-0.4, -0.2) is 19.9 Å². The lowest BCUT2D eigenvalue weighted by atomic mass is 10.2. The number of halogens is 1. The molecule has 0 saturated heterocycles. The fourth-order valence-electron chi connectivity index (χ4n) is 1.92. The Morgan fingerprint density at radius 2 is 2.14 bits per heavy atom. The van der Waals surface area contributed by atoms with Crippen LogP contribution in [0, 0.1) is 0 Å². The van der Waals surface area contributed by atoms with E-state index in [1.165, 1.54) is 0 Å². The van der Waals surface area contributed by atoms with Gasteiger partial charge in [0.05, 0.1) is 11.9 Å². The molecule has 0 aliphatic carbocycles. The average molecular weight is 301 g/mol. The minimum atomic E-state index is 0.216. The molecule has 2 aromatic heterocycles. The number of nitrogens with one attached hydrogen (secondary N) is 1. The lowest BCUT2D eigenvalue weighted by Gasteiger charge is -2.09. The van der Waals surface area contributed by atoms with Gasteiger partial charge in [-0.15, -0.1) is 0 Å². The molecule has 0 atom stereocenters. The number of benzene rings is 1. The Morgan fingerprint density at radius 3 is 2.86 bits per heavy atom. The fraction of sp³-hybridized carbons (Fsp3) is 0.0667. The first-order valence-electron chi connectivity index (χ1n) is 6.40. The molecule has 0 radical (unpaired) electrons.